The van der Waals surface area contributed by atoms with Crippen LogP contribution in [0.25, 0.3) is 0 Å². The van der Waals surface area contributed by atoms with E-state index in [1.165, 1.54) is 104 Å². The van der Waals surface area contributed by atoms with Gasteiger partial charge in [-0.25, -0.2) is 0 Å². The molecule has 1 spiro atoms. The summed E-state index contributed by atoms with van der Waals surface area (Å²) in [5, 5.41) is 2.74. The van der Waals surface area contributed by atoms with Crippen LogP contribution in [0.4, 0.5) is 0 Å². The van der Waals surface area contributed by atoms with Crippen LogP contribution >= 0.6 is 0 Å². The molecule has 0 radical (unpaired) electrons. The fourth-order valence-electron chi connectivity index (χ4n) is 6.31. The average Bonchev–Trinajstić information content (AvgIpc) is 3.08. The van der Waals surface area contributed by atoms with Crippen LogP contribution in [0, 0.1) is 5.41 Å². The van der Waals surface area contributed by atoms with E-state index in [9.17, 15) is 0 Å². The molecule has 0 aromatic rings. The minimum absolute atomic E-state index is 0.675. The van der Waals surface area contributed by atoms with Crippen molar-refractivity contribution in [3.8, 4) is 0 Å². The molecule has 0 bridgehead atoms. The predicted octanol–water partition coefficient (Wildman–Crippen LogP) is -0.586. The minimum atomic E-state index is 0.675. The topological polar surface area (TPSA) is 30.8 Å². The van der Waals surface area contributed by atoms with Crippen LogP contribution in [0.5, 0.6) is 0 Å². The van der Waals surface area contributed by atoms with Gasteiger partial charge in [-0.2, -0.15) is 0 Å². The molecular formula is C21H43N5+2. The molecule has 5 nitrogen and oxygen atoms in total. The summed E-state index contributed by atoms with van der Waals surface area (Å²) >= 11 is 0. The van der Waals surface area contributed by atoms with Gasteiger partial charge < -0.3 is 4.90 Å². The first kappa shape index (κ1) is 19.1. The first-order valence-electron chi connectivity index (χ1n) is 11.5. The summed E-state index contributed by atoms with van der Waals surface area (Å²) in [5.41, 5.74) is 0.675. The van der Waals surface area contributed by atoms with Gasteiger partial charge in [0.15, 0.2) is 0 Å². The minimum Gasteiger partial charge on any atom is -0.303 e. The summed E-state index contributed by atoms with van der Waals surface area (Å²) in [4.78, 5) is 9.89. The summed E-state index contributed by atoms with van der Waals surface area (Å²) in [6.07, 6.45) is 10.8. The number of likely N-dealkylation sites (tertiary alicyclic amines) is 2. The molecular weight excluding hydrogens is 322 g/mol. The summed E-state index contributed by atoms with van der Waals surface area (Å²) < 4.78 is 0. The molecule has 4 heterocycles. The van der Waals surface area contributed by atoms with Crippen molar-refractivity contribution in [1.29, 1.82) is 0 Å². The number of hydrogen-bond acceptors (Lipinski definition) is 3. The Kier molecular flexibility index (Phi) is 6.21. The molecule has 4 saturated heterocycles. The number of piperidine rings is 2. The zero-order valence-electron chi connectivity index (χ0n) is 17.4. The average molecular weight is 366 g/mol. The van der Waals surface area contributed by atoms with Crippen molar-refractivity contribution in [2.24, 2.45) is 5.41 Å². The Balaban J connectivity index is 1.23. The van der Waals surface area contributed by atoms with Gasteiger partial charge >= 0.3 is 0 Å². The maximum absolute atomic E-state index is 2.77. The van der Waals surface area contributed by atoms with E-state index >= 15 is 0 Å². The van der Waals surface area contributed by atoms with E-state index in [0.717, 1.165) is 12.2 Å². The van der Waals surface area contributed by atoms with Crippen molar-refractivity contribution in [1.82, 2.24) is 14.7 Å². The lowest BCUT2D eigenvalue weighted by molar-refractivity contribution is -1.04. The van der Waals surface area contributed by atoms with Gasteiger partial charge in [0.1, 0.15) is 0 Å². The fourth-order valence-corrected chi connectivity index (χ4v) is 6.31. The smallest absolute Gasteiger partial charge is 0.212 e. The second-order valence-corrected chi connectivity index (χ2v) is 9.87. The molecule has 0 aliphatic carbocycles. The molecule has 4 rings (SSSR count). The normalized spacial score (nSPS) is 37.4. The van der Waals surface area contributed by atoms with Crippen molar-refractivity contribution in [2.45, 2.75) is 64.1 Å². The highest BCUT2D eigenvalue weighted by Crippen LogP contribution is 2.36. The molecule has 5 heteroatoms. The largest absolute Gasteiger partial charge is 0.303 e. The SMILES string of the molecule is CCCN1CCC2(CC1)C[NH2+]C([NH+]1CCC(N3CCCN(C)C3)CC1)C2. The molecule has 0 amide bonds. The highest BCUT2D eigenvalue weighted by molar-refractivity contribution is 4.88. The summed E-state index contributed by atoms with van der Waals surface area (Å²) in [6.45, 7) is 14.4. The van der Waals surface area contributed by atoms with E-state index < -0.39 is 0 Å². The lowest BCUT2D eigenvalue weighted by Crippen LogP contribution is -3.26. The van der Waals surface area contributed by atoms with Gasteiger partial charge in [-0.3, -0.25) is 20.0 Å². The Morgan fingerprint density at radius 2 is 1.85 bits per heavy atom. The van der Waals surface area contributed by atoms with Crippen molar-refractivity contribution < 1.29 is 10.2 Å². The van der Waals surface area contributed by atoms with Crippen molar-refractivity contribution in [3.05, 3.63) is 0 Å². The third-order valence-electron chi connectivity index (χ3n) is 7.99. The fraction of sp³-hybridized carbons (Fsp3) is 1.00. The zero-order chi connectivity index (χ0) is 18.0. The lowest BCUT2D eigenvalue weighted by Gasteiger charge is -2.42. The van der Waals surface area contributed by atoms with Gasteiger partial charge in [-0.05, 0) is 52.4 Å². The number of quaternary nitrogens is 2. The maximum atomic E-state index is 2.77. The first-order chi connectivity index (χ1) is 12.7. The Hall–Kier alpha value is -0.200. The van der Waals surface area contributed by atoms with Crippen molar-refractivity contribution in [3.63, 3.8) is 0 Å². The van der Waals surface area contributed by atoms with Gasteiger partial charge in [-0.1, -0.05) is 6.92 Å². The second kappa shape index (κ2) is 8.44. The summed E-state index contributed by atoms with van der Waals surface area (Å²) in [7, 11) is 2.28. The first-order valence-corrected chi connectivity index (χ1v) is 11.5. The number of nitrogens with one attached hydrogen (secondary N) is 1. The summed E-state index contributed by atoms with van der Waals surface area (Å²) in [6, 6.07) is 0.856. The molecule has 0 saturated carbocycles. The Labute approximate surface area is 161 Å². The Bertz CT molecular complexity index is 440. The predicted molar refractivity (Wildman–Crippen MR) is 106 cm³/mol. The molecule has 4 aliphatic rings. The summed E-state index contributed by atoms with van der Waals surface area (Å²) in [5.74, 6) is 0. The number of rotatable bonds is 4. The number of nitrogens with two attached hydrogens (primary N) is 1. The Morgan fingerprint density at radius 1 is 1.08 bits per heavy atom. The van der Waals surface area contributed by atoms with Crippen molar-refractivity contribution in [2.75, 3.05) is 66.1 Å². The van der Waals surface area contributed by atoms with Crippen LogP contribution in [0.15, 0.2) is 0 Å². The van der Waals surface area contributed by atoms with Crippen LogP contribution in [0.1, 0.15) is 51.9 Å². The van der Waals surface area contributed by atoms with Crippen LogP contribution in [0.2, 0.25) is 0 Å². The quantitative estimate of drug-likeness (QED) is 0.699. The molecule has 0 aromatic heterocycles. The van der Waals surface area contributed by atoms with E-state index in [1.807, 2.05) is 4.90 Å². The Morgan fingerprint density at radius 3 is 2.54 bits per heavy atom. The molecule has 0 aromatic carbocycles. The maximum Gasteiger partial charge on any atom is 0.212 e. The third kappa shape index (κ3) is 4.27. The highest BCUT2D eigenvalue weighted by atomic mass is 15.4. The van der Waals surface area contributed by atoms with Gasteiger partial charge in [0.05, 0.1) is 32.7 Å². The molecule has 26 heavy (non-hydrogen) atoms. The second-order valence-electron chi connectivity index (χ2n) is 9.87. The van der Waals surface area contributed by atoms with Gasteiger partial charge in [0.2, 0.25) is 6.17 Å². The molecule has 4 aliphatic heterocycles. The van der Waals surface area contributed by atoms with Gasteiger partial charge in [-0.15, -0.1) is 0 Å². The van der Waals surface area contributed by atoms with E-state index in [1.54, 1.807) is 0 Å². The highest BCUT2D eigenvalue weighted by Gasteiger charge is 2.48. The monoisotopic (exact) mass is 365 g/mol. The lowest BCUT2D eigenvalue weighted by atomic mass is 9.77. The molecule has 4 fully saturated rings. The van der Waals surface area contributed by atoms with Gasteiger partial charge in [0.25, 0.3) is 0 Å². The number of nitrogens with zero attached hydrogens (tertiary/aromatic N) is 3. The number of hydrogen-bond donors (Lipinski definition) is 2. The molecule has 150 valence electrons. The van der Waals surface area contributed by atoms with E-state index in [2.05, 4.69) is 34.0 Å². The standard InChI is InChI=1S/C21H41N5/c1-3-9-24-14-7-21(8-15-24)16-20(22-17-21)25-12-5-19(6-13-25)26-11-4-10-23(2)18-26/h19-20,22H,3-18H2,1-2H3/p+2. The molecule has 1 atom stereocenters. The van der Waals surface area contributed by atoms with E-state index in [4.69, 9.17) is 0 Å². The van der Waals surface area contributed by atoms with Crippen LogP contribution in [-0.4, -0.2) is 93.0 Å². The molecule has 1 unspecified atom stereocenters. The van der Waals surface area contributed by atoms with Crippen LogP contribution in [-0.2, 0) is 0 Å². The zero-order valence-corrected chi connectivity index (χ0v) is 17.4. The molecule has 3 N–H and O–H groups in total. The van der Waals surface area contributed by atoms with Crippen molar-refractivity contribution >= 4 is 0 Å². The van der Waals surface area contributed by atoms with Gasteiger partial charge in [0, 0.05) is 37.4 Å². The van der Waals surface area contributed by atoms with E-state index in [-0.39, 0.29) is 0 Å². The van der Waals surface area contributed by atoms with E-state index in [0.29, 0.717) is 5.41 Å². The van der Waals surface area contributed by atoms with Crippen LogP contribution < -0.4 is 10.2 Å². The third-order valence-corrected chi connectivity index (χ3v) is 7.99. The van der Waals surface area contributed by atoms with Crippen LogP contribution in [0.3, 0.4) is 0 Å².